The van der Waals surface area contributed by atoms with Crippen molar-refractivity contribution in [2.45, 2.75) is 24.3 Å². The highest BCUT2D eigenvalue weighted by Gasteiger charge is 2.17. The van der Waals surface area contributed by atoms with E-state index in [0.717, 1.165) is 38.2 Å². The van der Waals surface area contributed by atoms with E-state index in [4.69, 9.17) is 0 Å². The summed E-state index contributed by atoms with van der Waals surface area (Å²) in [5, 5.41) is 0. The third-order valence-electron chi connectivity index (χ3n) is 4.30. The summed E-state index contributed by atoms with van der Waals surface area (Å²) < 4.78 is 52.9. The number of hydrogen-bond donors (Lipinski definition) is 1. The van der Waals surface area contributed by atoms with Crippen molar-refractivity contribution in [3.05, 3.63) is 65.2 Å². The van der Waals surface area contributed by atoms with Crippen LogP contribution in [-0.4, -0.2) is 33.0 Å². The Morgan fingerprint density at radius 2 is 1.72 bits per heavy atom. The Bertz CT molecular complexity index is 836. The summed E-state index contributed by atoms with van der Waals surface area (Å²) in [6.45, 7) is 2.78. The lowest BCUT2D eigenvalue weighted by Crippen LogP contribution is -2.33. The van der Waals surface area contributed by atoms with Gasteiger partial charge in [-0.25, -0.2) is 21.9 Å². The van der Waals surface area contributed by atoms with Gasteiger partial charge in [0.2, 0.25) is 10.0 Å². The normalized spacial score (nSPS) is 15.1. The molecule has 0 unspecified atom stereocenters. The Kier molecular flexibility index (Phi) is 5.46. The third-order valence-corrected chi connectivity index (χ3v) is 5.74. The molecule has 0 saturated heterocycles. The fourth-order valence-electron chi connectivity index (χ4n) is 3.02. The molecule has 1 aliphatic rings. The van der Waals surface area contributed by atoms with E-state index in [1.165, 1.54) is 11.1 Å². The summed E-state index contributed by atoms with van der Waals surface area (Å²) in [5.41, 5.74) is 2.68. The maximum atomic E-state index is 13.2. The number of nitrogens with zero attached hydrogens (tertiary/aromatic N) is 1. The predicted octanol–water partition coefficient (Wildman–Crippen LogP) is 2.69. The van der Waals surface area contributed by atoms with Gasteiger partial charge >= 0.3 is 0 Å². The van der Waals surface area contributed by atoms with Crippen LogP contribution < -0.4 is 4.72 Å². The summed E-state index contributed by atoms with van der Waals surface area (Å²) >= 11 is 0. The van der Waals surface area contributed by atoms with Gasteiger partial charge in [0.15, 0.2) is 0 Å². The zero-order chi connectivity index (χ0) is 17.9. The van der Waals surface area contributed by atoms with Crippen molar-refractivity contribution in [1.29, 1.82) is 0 Å². The number of fused-ring (bicyclic) bond motifs is 1. The van der Waals surface area contributed by atoms with E-state index in [2.05, 4.69) is 21.8 Å². The second-order valence-electron chi connectivity index (χ2n) is 6.15. The molecule has 1 N–H and O–H groups in total. The van der Waals surface area contributed by atoms with Crippen LogP contribution in [0.2, 0.25) is 0 Å². The standard InChI is InChI=1S/C18H20F2N2O2S/c19-16-10-17(20)12-18(11-16)25(23,24)21-7-3-8-22-9-6-14-4-1-2-5-15(14)13-22/h1-2,4-5,10-12,21H,3,6-9,13H2. The molecule has 3 rings (SSSR count). The highest BCUT2D eigenvalue weighted by molar-refractivity contribution is 7.89. The molecule has 0 amide bonds. The molecule has 0 fully saturated rings. The molecular formula is C18H20F2N2O2S. The number of hydrogen-bond acceptors (Lipinski definition) is 3. The monoisotopic (exact) mass is 366 g/mol. The van der Waals surface area contributed by atoms with Crippen LogP contribution in [0.5, 0.6) is 0 Å². The number of rotatable bonds is 6. The van der Waals surface area contributed by atoms with Crippen LogP contribution in [0.15, 0.2) is 47.4 Å². The lowest BCUT2D eigenvalue weighted by molar-refractivity contribution is 0.251. The van der Waals surface area contributed by atoms with Crippen LogP contribution >= 0.6 is 0 Å². The lowest BCUT2D eigenvalue weighted by Gasteiger charge is -2.28. The molecular weight excluding hydrogens is 346 g/mol. The molecule has 134 valence electrons. The van der Waals surface area contributed by atoms with Crippen LogP contribution in [0.3, 0.4) is 0 Å². The Morgan fingerprint density at radius 1 is 1.04 bits per heavy atom. The molecule has 25 heavy (non-hydrogen) atoms. The Balaban J connectivity index is 1.50. The van der Waals surface area contributed by atoms with Crippen LogP contribution in [-0.2, 0) is 23.0 Å². The highest BCUT2D eigenvalue weighted by Crippen LogP contribution is 2.18. The van der Waals surface area contributed by atoms with Crippen molar-refractivity contribution in [2.24, 2.45) is 0 Å². The first-order chi connectivity index (χ1) is 11.9. The van der Waals surface area contributed by atoms with Gasteiger partial charge in [-0.1, -0.05) is 24.3 Å². The van der Waals surface area contributed by atoms with Gasteiger partial charge in [-0.2, -0.15) is 0 Å². The molecule has 0 atom stereocenters. The number of halogens is 2. The number of benzene rings is 2. The largest absolute Gasteiger partial charge is 0.299 e. The zero-order valence-corrected chi connectivity index (χ0v) is 14.5. The van der Waals surface area contributed by atoms with Gasteiger partial charge in [-0.3, -0.25) is 4.90 Å². The minimum atomic E-state index is -3.91. The molecule has 0 aliphatic carbocycles. The molecule has 0 radical (unpaired) electrons. The van der Waals surface area contributed by atoms with Crippen LogP contribution in [0.25, 0.3) is 0 Å². The maximum Gasteiger partial charge on any atom is 0.240 e. The second kappa shape index (κ2) is 7.59. The van der Waals surface area contributed by atoms with Crippen molar-refractivity contribution in [1.82, 2.24) is 9.62 Å². The third kappa shape index (κ3) is 4.62. The molecule has 0 saturated carbocycles. The fraction of sp³-hybridized carbons (Fsp3) is 0.333. The lowest BCUT2D eigenvalue weighted by atomic mass is 10.00. The van der Waals surface area contributed by atoms with E-state index in [1.54, 1.807) is 0 Å². The van der Waals surface area contributed by atoms with E-state index < -0.39 is 26.6 Å². The Labute approximate surface area is 146 Å². The first kappa shape index (κ1) is 18.0. The topological polar surface area (TPSA) is 49.4 Å². The molecule has 7 heteroatoms. The smallest absolute Gasteiger partial charge is 0.240 e. The minimum Gasteiger partial charge on any atom is -0.299 e. The van der Waals surface area contributed by atoms with Crippen LogP contribution in [0.1, 0.15) is 17.5 Å². The van der Waals surface area contributed by atoms with Crippen molar-refractivity contribution >= 4 is 10.0 Å². The molecule has 2 aromatic carbocycles. The van der Waals surface area contributed by atoms with Gasteiger partial charge in [0.25, 0.3) is 0 Å². The average Bonchev–Trinajstić information content (AvgIpc) is 2.58. The molecule has 4 nitrogen and oxygen atoms in total. The molecule has 0 aromatic heterocycles. The highest BCUT2D eigenvalue weighted by atomic mass is 32.2. The van der Waals surface area contributed by atoms with Gasteiger partial charge < -0.3 is 0 Å². The zero-order valence-electron chi connectivity index (χ0n) is 13.7. The molecule has 1 aliphatic heterocycles. The second-order valence-corrected chi connectivity index (χ2v) is 7.92. The van der Waals surface area contributed by atoms with Crippen molar-refractivity contribution < 1.29 is 17.2 Å². The van der Waals surface area contributed by atoms with Crippen LogP contribution in [0, 0.1) is 11.6 Å². The molecule has 1 heterocycles. The molecule has 0 spiro atoms. The number of sulfonamides is 1. The van der Waals surface area contributed by atoms with Crippen molar-refractivity contribution in [2.75, 3.05) is 19.6 Å². The van der Waals surface area contributed by atoms with E-state index in [1.807, 2.05) is 12.1 Å². The van der Waals surface area contributed by atoms with E-state index >= 15 is 0 Å². The predicted molar refractivity (Wildman–Crippen MR) is 91.6 cm³/mol. The van der Waals surface area contributed by atoms with Gasteiger partial charge in [0, 0.05) is 25.7 Å². The van der Waals surface area contributed by atoms with E-state index in [-0.39, 0.29) is 6.54 Å². The Morgan fingerprint density at radius 3 is 2.44 bits per heavy atom. The van der Waals surface area contributed by atoms with Gasteiger partial charge in [-0.05, 0) is 42.6 Å². The average molecular weight is 366 g/mol. The summed E-state index contributed by atoms with van der Waals surface area (Å²) in [6.07, 6.45) is 1.61. The van der Waals surface area contributed by atoms with Crippen molar-refractivity contribution in [3.63, 3.8) is 0 Å². The van der Waals surface area contributed by atoms with Gasteiger partial charge in [-0.15, -0.1) is 0 Å². The summed E-state index contributed by atoms with van der Waals surface area (Å²) in [4.78, 5) is 1.88. The van der Waals surface area contributed by atoms with E-state index in [9.17, 15) is 17.2 Å². The first-order valence-electron chi connectivity index (χ1n) is 8.19. The summed E-state index contributed by atoms with van der Waals surface area (Å²) in [6, 6.07) is 10.6. The number of nitrogens with one attached hydrogen (secondary N) is 1. The van der Waals surface area contributed by atoms with Crippen LogP contribution in [0.4, 0.5) is 8.78 Å². The first-order valence-corrected chi connectivity index (χ1v) is 9.67. The fourth-order valence-corrected chi connectivity index (χ4v) is 4.14. The van der Waals surface area contributed by atoms with Gasteiger partial charge in [0.1, 0.15) is 11.6 Å². The quantitative estimate of drug-likeness (QED) is 0.800. The minimum absolute atomic E-state index is 0.221. The molecule has 0 bridgehead atoms. The van der Waals surface area contributed by atoms with Gasteiger partial charge in [0.05, 0.1) is 4.90 Å². The van der Waals surface area contributed by atoms with E-state index in [0.29, 0.717) is 12.5 Å². The SMILES string of the molecule is O=S(=O)(NCCCN1CCc2ccccc2C1)c1cc(F)cc(F)c1. The molecule has 2 aromatic rings. The Hall–Kier alpha value is -1.83. The summed E-state index contributed by atoms with van der Waals surface area (Å²) in [7, 11) is -3.91. The van der Waals surface area contributed by atoms with Crippen molar-refractivity contribution in [3.8, 4) is 0 Å². The summed E-state index contributed by atoms with van der Waals surface area (Å²) in [5.74, 6) is -1.82. The maximum absolute atomic E-state index is 13.2.